The highest BCUT2D eigenvalue weighted by atomic mass is 32.2. The lowest BCUT2D eigenvalue weighted by atomic mass is 10.1. The number of nitrogens with zero attached hydrogens (tertiary/aromatic N) is 1. The highest BCUT2D eigenvalue weighted by molar-refractivity contribution is 8.00. The first-order chi connectivity index (χ1) is 21.1. The summed E-state index contributed by atoms with van der Waals surface area (Å²) in [6, 6.07) is 27.0. The van der Waals surface area contributed by atoms with Gasteiger partial charge in [-0.1, -0.05) is 18.2 Å². The molecule has 1 unspecified atom stereocenters. The van der Waals surface area contributed by atoms with Gasteiger partial charge in [0.05, 0.1) is 10.2 Å². The highest BCUT2D eigenvalue weighted by Crippen LogP contribution is 2.26. The zero-order valence-electron chi connectivity index (χ0n) is 23.4. The Labute approximate surface area is 256 Å². The summed E-state index contributed by atoms with van der Waals surface area (Å²) >= 11 is 1.31. The van der Waals surface area contributed by atoms with Crippen molar-refractivity contribution in [2.45, 2.75) is 17.1 Å². The van der Waals surface area contributed by atoms with Gasteiger partial charge in [0.1, 0.15) is 5.70 Å². The Kier molecular flexibility index (Phi) is 10.2. The van der Waals surface area contributed by atoms with Gasteiger partial charge in [-0.2, -0.15) is 0 Å². The van der Waals surface area contributed by atoms with E-state index >= 15 is 0 Å². The van der Waals surface area contributed by atoms with Crippen molar-refractivity contribution in [2.24, 2.45) is 5.73 Å². The molecule has 1 atom stereocenters. The van der Waals surface area contributed by atoms with Crippen molar-refractivity contribution in [2.75, 3.05) is 10.6 Å². The van der Waals surface area contributed by atoms with Crippen molar-refractivity contribution in [3.05, 3.63) is 136 Å². The molecule has 0 bridgehead atoms. The molecule has 0 fully saturated rings. The van der Waals surface area contributed by atoms with E-state index < -0.39 is 27.9 Å². The second-order valence-corrected chi connectivity index (χ2v) is 10.8. The van der Waals surface area contributed by atoms with Gasteiger partial charge in [-0.15, -0.1) is 11.8 Å². The molecule has 5 N–H and O–H groups in total. The highest BCUT2D eigenvalue weighted by Gasteiger charge is 2.17. The third-order valence-corrected chi connectivity index (χ3v) is 7.29. The number of hydrogen-bond acceptors (Lipinski definition) is 7. The average molecular weight is 610 g/mol. The van der Waals surface area contributed by atoms with E-state index in [0.29, 0.717) is 28.1 Å². The Balaban J connectivity index is 1.43. The van der Waals surface area contributed by atoms with Gasteiger partial charge >= 0.3 is 0 Å². The molecule has 0 aromatic heterocycles. The van der Waals surface area contributed by atoms with Crippen LogP contribution < -0.4 is 21.7 Å². The fourth-order valence-corrected chi connectivity index (χ4v) is 4.70. The zero-order chi connectivity index (χ0) is 31.6. The molecule has 0 saturated heterocycles. The third-order valence-electron chi connectivity index (χ3n) is 6.17. The van der Waals surface area contributed by atoms with E-state index in [-0.39, 0.29) is 17.3 Å². The number of rotatable bonds is 11. The average Bonchev–Trinajstić information content (AvgIpc) is 3.02. The van der Waals surface area contributed by atoms with Crippen LogP contribution in [0.5, 0.6) is 0 Å². The Morgan fingerprint density at radius 3 is 1.98 bits per heavy atom. The number of amides is 4. The van der Waals surface area contributed by atoms with Gasteiger partial charge in [0.25, 0.3) is 17.5 Å². The summed E-state index contributed by atoms with van der Waals surface area (Å²) in [7, 11) is 0. The number of hydrogen-bond donors (Lipinski definition) is 4. The van der Waals surface area contributed by atoms with Crippen molar-refractivity contribution >= 4 is 58.5 Å². The first-order valence-corrected chi connectivity index (χ1v) is 14.1. The topological polar surface area (TPSA) is 174 Å². The van der Waals surface area contributed by atoms with Gasteiger partial charge in [-0.3, -0.25) is 29.3 Å². The van der Waals surface area contributed by atoms with E-state index in [4.69, 9.17) is 5.73 Å². The summed E-state index contributed by atoms with van der Waals surface area (Å²) in [4.78, 5) is 61.2. The molecule has 0 radical (unpaired) electrons. The fraction of sp³-hybridized carbons (Fsp3) is 0.0625. The van der Waals surface area contributed by atoms with Crippen LogP contribution in [0.1, 0.15) is 33.2 Å². The first-order valence-electron chi connectivity index (χ1n) is 13.2. The van der Waals surface area contributed by atoms with Crippen molar-refractivity contribution in [1.29, 1.82) is 0 Å². The Bertz CT molecular complexity index is 1710. The van der Waals surface area contributed by atoms with Crippen LogP contribution in [0.25, 0.3) is 6.08 Å². The van der Waals surface area contributed by atoms with E-state index in [9.17, 15) is 29.3 Å². The van der Waals surface area contributed by atoms with Gasteiger partial charge in [-0.25, -0.2) is 0 Å². The molecular formula is C32H27N5O6S. The van der Waals surface area contributed by atoms with Crippen LogP contribution in [0.3, 0.4) is 0 Å². The van der Waals surface area contributed by atoms with Crippen LogP contribution in [0, 0.1) is 10.1 Å². The normalized spacial score (nSPS) is 11.6. The van der Waals surface area contributed by atoms with Gasteiger partial charge in [0, 0.05) is 39.5 Å². The minimum Gasteiger partial charge on any atom is -0.366 e. The van der Waals surface area contributed by atoms with Crippen LogP contribution in [0.15, 0.2) is 114 Å². The van der Waals surface area contributed by atoms with Crippen LogP contribution in [0.4, 0.5) is 17.1 Å². The number of carbonyl (C=O) groups is 4. The predicted molar refractivity (Wildman–Crippen MR) is 169 cm³/mol. The number of primary amides is 1. The quantitative estimate of drug-likeness (QED) is 0.0780. The molecule has 4 rings (SSSR count). The number of nitrogens with two attached hydrogens (primary N) is 1. The summed E-state index contributed by atoms with van der Waals surface area (Å²) in [5.41, 5.74) is 7.19. The summed E-state index contributed by atoms with van der Waals surface area (Å²) in [5, 5.41) is 18.7. The molecule has 4 amide bonds. The Hall–Kier alpha value is -5.75. The number of nitro groups is 1. The van der Waals surface area contributed by atoms with E-state index in [1.807, 2.05) is 0 Å². The minimum absolute atomic E-state index is 0.0692. The van der Waals surface area contributed by atoms with Crippen molar-refractivity contribution in [3.8, 4) is 0 Å². The molecule has 0 aliphatic carbocycles. The standard InChI is InChI=1S/C32H27N5O6S/c1-20(30(39)34-24-11-9-22(10-12-24)29(33)38)44-27-17-13-25(14-18-27)35-32(41)28(36-31(40)23-5-3-2-4-6-23)19-21-7-15-26(16-8-21)37(42)43/h2-20H,1H3,(H2,33,38)(H,34,39)(H,35,41)(H,36,40)/b28-19-. The van der Waals surface area contributed by atoms with E-state index in [1.165, 1.54) is 54.2 Å². The lowest BCUT2D eigenvalue weighted by Gasteiger charge is -2.14. The molecule has 0 aliphatic heterocycles. The number of nitro benzene ring substituents is 1. The van der Waals surface area contributed by atoms with E-state index in [1.54, 1.807) is 73.7 Å². The number of benzene rings is 4. The largest absolute Gasteiger partial charge is 0.366 e. The SMILES string of the molecule is CC(Sc1ccc(NC(=O)/C(=C/c2ccc([N+](=O)[O-])cc2)NC(=O)c2ccccc2)cc1)C(=O)Nc1ccc(C(N)=O)cc1. The Morgan fingerprint density at radius 2 is 1.39 bits per heavy atom. The fourth-order valence-electron chi connectivity index (χ4n) is 3.84. The number of anilines is 2. The maximum Gasteiger partial charge on any atom is 0.272 e. The van der Waals surface area contributed by atoms with Crippen LogP contribution in [0.2, 0.25) is 0 Å². The minimum atomic E-state index is -0.608. The predicted octanol–water partition coefficient (Wildman–Crippen LogP) is 5.22. The number of carbonyl (C=O) groups excluding carboxylic acids is 4. The second kappa shape index (κ2) is 14.4. The molecule has 4 aromatic rings. The van der Waals surface area contributed by atoms with Crippen molar-refractivity contribution < 1.29 is 24.1 Å². The zero-order valence-corrected chi connectivity index (χ0v) is 24.2. The van der Waals surface area contributed by atoms with Gasteiger partial charge < -0.3 is 21.7 Å². The molecule has 0 heterocycles. The summed E-state index contributed by atoms with van der Waals surface area (Å²) in [6.07, 6.45) is 1.42. The summed E-state index contributed by atoms with van der Waals surface area (Å²) in [5.74, 6) is -1.91. The lowest BCUT2D eigenvalue weighted by Crippen LogP contribution is -2.30. The van der Waals surface area contributed by atoms with Crippen LogP contribution in [-0.4, -0.2) is 33.8 Å². The van der Waals surface area contributed by atoms with E-state index in [0.717, 1.165) is 4.90 Å². The number of non-ortho nitro benzene ring substituents is 1. The molecule has 0 saturated carbocycles. The molecule has 0 spiro atoms. The molecule has 12 heteroatoms. The Morgan fingerprint density at radius 1 is 0.795 bits per heavy atom. The summed E-state index contributed by atoms with van der Waals surface area (Å²) in [6.45, 7) is 1.75. The molecule has 4 aromatic carbocycles. The second-order valence-electron chi connectivity index (χ2n) is 9.40. The van der Waals surface area contributed by atoms with Crippen LogP contribution in [-0.2, 0) is 9.59 Å². The van der Waals surface area contributed by atoms with E-state index in [2.05, 4.69) is 16.0 Å². The first kappa shape index (κ1) is 31.2. The maximum absolute atomic E-state index is 13.3. The lowest BCUT2D eigenvalue weighted by molar-refractivity contribution is -0.384. The van der Waals surface area contributed by atoms with Crippen molar-refractivity contribution in [1.82, 2.24) is 5.32 Å². The molecule has 0 aliphatic rings. The maximum atomic E-state index is 13.3. The molecule has 44 heavy (non-hydrogen) atoms. The van der Waals surface area contributed by atoms with Crippen LogP contribution >= 0.6 is 11.8 Å². The number of thioether (sulfide) groups is 1. The van der Waals surface area contributed by atoms with Gasteiger partial charge in [0.2, 0.25) is 11.8 Å². The monoisotopic (exact) mass is 609 g/mol. The third kappa shape index (κ3) is 8.63. The molecule has 11 nitrogen and oxygen atoms in total. The molecule has 222 valence electrons. The number of nitrogens with one attached hydrogen (secondary N) is 3. The van der Waals surface area contributed by atoms with Gasteiger partial charge in [0.15, 0.2) is 0 Å². The smallest absolute Gasteiger partial charge is 0.272 e. The summed E-state index contributed by atoms with van der Waals surface area (Å²) < 4.78 is 0. The van der Waals surface area contributed by atoms with Crippen molar-refractivity contribution in [3.63, 3.8) is 0 Å². The molecular weight excluding hydrogens is 582 g/mol. The van der Waals surface area contributed by atoms with Gasteiger partial charge in [-0.05, 0) is 91.4 Å².